The minimum Gasteiger partial charge on any atom is -0.468 e. The summed E-state index contributed by atoms with van der Waals surface area (Å²) in [6, 6.07) is 6.14. The highest BCUT2D eigenvalue weighted by atomic mass is 16.5. The standard InChI is InChI=1S/C21H29NO2/c1-15-11-12-20-17(13-15)18(22-21(2,3)24-20)14-19(23)16-9-7-5-4-6-8-10-16/h11-14,16,22H,4-10H2,1-3H3/b18-14-. The first kappa shape index (κ1) is 17.1. The van der Waals surface area contributed by atoms with E-state index in [2.05, 4.69) is 24.4 Å². The van der Waals surface area contributed by atoms with Crippen molar-refractivity contribution in [1.29, 1.82) is 0 Å². The molecule has 3 heteroatoms. The van der Waals surface area contributed by atoms with Crippen molar-refractivity contribution < 1.29 is 9.53 Å². The Bertz CT molecular complexity index is 637. The van der Waals surface area contributed by atoms with Crippen molar-refractivity contribution in [3.8, 4) is 5.75 Å². The van der Waals surface area contributed by atoms with Crippen LogP contribution in [0.5, 0.6) is 5.75 Å². The summed E-state index contributed by atoms with van der Waals surface area (Å²) < 4.78 is 6.00. The van der Waals surface area contributed by atoms with Crippen LogP contribution < -0.4 is 10.1 Å². The molecule has 1 heterocycles. The Morgan fingerprint density at radius 2 is 1.83 bits per heavy atom. The van der Waals surface area contributed by atoms with Gasteiger partial charge >= 0.3 is 0 Å². The lowest BCUT2D eigenvalue weighted by Gasteiger charge is -2.36. The van der Waals surface area contributed by atoms with Crippen LogP contribution in [0.15, 0.2) is 24.3 Å². The van der Waals surface area contributed by atoms with Gasteiger partial charge in [0.05, 0.1) is 5.70 Å². The van der Waals surface area contributed by atoms with Crippen LogP contribution in [-0.2, 0) is 4.79 Å². The van der Waals surface area contributed by atoms with E-state index in [-0.39, 0.29) is 11.7 Å². The smallest absolute Gasteiger partial charge is 0.175 e. The number of ketones is 1. The maximum Gasteiger partial charge on any atom is 0.175 e. The van der Waals surface area contributed by atoms with Gasteiger partial charge in [-0.25, -0.2) is 0 Å². The summed E-state index contributed by atoms with van der Waals surface area (Å²) in [5.74, 6) is 1.30. The molecule has 1 aromatic rings. The SMILES string of the molecule is Cc1ccc2c(c1)/C(=C/C(=O)C1CCCCCCC1)NC(C)(C)O2. The first-order chi connectivity index (χ1) is 11.4. The van der Waals surface area contributed by atoms with Gasteiger partial charge in [0.1, 0.15) is 5.75 Å². The number of carbonyl (C=O) groups excluding carboxylic acids is 1. The summed E-state index contributed by atoms with van der Waals surface area (Å²) in [5.41, 5.74) is 2.56. The Morgan fingerprint density at radius 1 is 1.17 bits per heavy atom. The number of rotatable bonds is 2. The van der Waals surface area contributed by atoms with Crippen LogP contribution in [0.3, 0.4) is 0 Å². The zero-order chi connectivity index (χ0) is 17.2. The maximum atomic E-state index is 12.9. The first-order valence-electron chi connectivity index (χ1n) is 9.28. The maximum absolute atomic E-state index is 12.9. The molecule has 1 aliphatic heterocycles. The van der Waals surface area contributed by atoms with Crippen molar-refractivity contribution in [3.05, 3.63) is 35.4 Å². The number of nitrogens with one attached hydrogen (secondary N) is 1. The van der Waals surface area contributed by atoms with Gasteiger partial charge in [-0.05, 0) is 45.7 Å². The lowest BCUT2D eigenvalue weighted by atomic mass is 9.87. The molecular weight excluding hydrogens is 298 g/mol. The molecule has 0 radical (unpaired) electrons. The Hall–Kier alpha value is -1.77. The molecule has 3 rings (SSSR count). The molecule has 0 amide bonds. The topological polar surface area (TPSA) is 38.3 Å². The van der Waals surface area contributed by atoms with Crippen LogP contribution in [0.4, 0.5) is 0 Å². The molecule has 1 aliphatic carbocycles. The zero-order valence-electron chi connectivity index (χ0n) is 15.2. The van der Waals surface area contributed by atoms with E-state index in [1.54, 1.807) is 0 Å². The van der Waals surface area contributed by atoms with Crippen molar-refractivity contribution in [2.24, 2.45) is 5.92 Å². The van der Waals surface area contributed by atoms with E-state index in [1.807, 2.05) is 26.0 Å². The summed E-state index contributed by atoms with van der Waals surface area (Å²) in [6.45, 7) is 6.04. The molecule has 0 aromatic heterocycles. The molecule has 0 spiro atoms. The largest absolute Gasteiger partial charge is 0.468 e. The van der Waals surface area contributed by atoms with Crippen LogP contribution in [0, 0.1) is 12.8 Å². The predicted octanol–water partition coefficient (Wildman–Crippen LogP) is 4.98. The van der Waals surface area contributed by atoms with E-state index in [0.29, 0.717) is 0 Å². The third-order valence-corrected chi connectivity index (χ3v) is 5.02. The number of ether oxygens (including phenoxy) is 1. The fourth-order valence-corrected chi connectivity index (χ4v) is 3.75. The summed E-state index contributed by atoms with van der Waals surface area (Å²) >= 11 is 0. The van der Waals surface area contributed by atoms with Crippen molar-refractivity contribution in [1.82, 2.24) is 5.32 Å². The highest BCUT2D eigenvalue weighted by molar-refractivity contribution is 5.98. The van der Waals surface area contributed by atoms with E-state index < -0.39 is 5.72 Å². The quantitative estimate of drug-likeness (QED) is 0.778. The highest BCUT2D eigenvalue weighted by Crippen LogP contribution is 2.34. The number of carbonyl (C=O) groups is 1. The molecule has 0 unspecified atom stereocenters. The third-order valence-electron chi connectivity index (χ3n) is 5.02. The van der Waals surface area contributed by atoms with Gasteiger partial charge in [-0.3, -0.25) is 4.79 Å². The molecule has 2 aliphatic rings. The van der Waals surface area contributed by atoms with E-state index >= 15 is 0 Å². The van der Waals surface area contributed by atoms with Crippen LogP contribution in [0.2, 0.25) is 0 Å². The summed E-state index contributed by atoms with van der Waals surface area (Å²) in [7, 11) is 0. The molecule has 24 heavy (non-hydrogen) atoms. The average Bonchev–Trinajstić information content (AvgIpc) is 2.46. The Labute approximate surface area is 145 Å². The van der Waals surface area contributed by atoms with Crippen LogP contribution in [-0.4, -0.2) is 11.5 Å². The molecule has 3 nitrogen and oxygen atoms in total. The van der Waals surface area contributed by atoms with Gasteiger partial charge in [-0.1, -0.05) is 43.7 Å². The fraction of sp³-hybridized carbons (Fsp3) is 0.571. The second-order valence-electron chi connectivity index (χ2n) is 7.74. The Morgan fingerprint density at radius 3 is 2.54 bits per heavy atom. The molecular formula is C21H29NO2. The van der Waals surface area contributed by atoms with Crippen molar-refractivity contribution in [2.45, 2.75) is 71.4 Å². The van der Waals surface area contributed by atoms with Crippen LogP contribution in [0.25, 0.3) is 5.70 Å². The van der Waals surface area contributed by atoms with Gasteiger partial charge in [0.2, 0.25) is 0 Å². The Kier molecular flexibility index (Phi) is 4.98. The van der Waals surface area contributed by atoms with E-state index in [9.17, 15) is 4.79 Å². The van der Waals surface area contributed by atoms with Gasteiger partial charge in [0, 0.05) is 17.6 Å². The minimum atomic E-state index is -0.505. The second-order valence-corrected chi connectivity index (χ2v) is 7.74. The van der Waals surface area contributed by atoms with Gasteiger partial charge in [0.15, 0.2) is 11.5 Å². The molecule has 1 N–H and O–H groups in total. The van der Waals surface area contributed by atoms with Crippen LogP contribution >= 0.6 is 0 Å². The van der Waals surface area contributed by atoms with Gasteiger partial charge in [0.25, 0.3) is 0 Å². The van der Waals surface area contributed by atoms with Crippen molar-refractivity contribution in [3.63, 3.8) is 0 Å². The zero-order valence-corrected chi connectivity index (χ0v) is 15.2. The molecule has 0 saturated heterocycles. The van der Waals surface area contributed by atoms with Gasteiger partial charge in [-0.2, -0.15) is 0 Å². The minimum absolute atomic E-state index is 0.179. The molecule has 1 fully saturated rings. The van der Waals surface area contributed by atoms with E-state index in [4.69, 9.17) is 4.74 Å². The number of aryl methyl sites for hydroxylation is 1. The number of hydrogen-bond donors (Lipinski definition) is 1. The van der Waals surface area contributed by atoms with E-state index in [0.717, 1.165) is 29.9 Å². The molecule has 0 bridgehead atoms. The Balaban J connectivity index is 1.87. The van der Waals surface area contributed by atoms with Crippen molar-refractivity contribution >= 4 is 11.5 Å². The lowest BCUT2D eigenvalue weighted by molar-refractivity contribution is -0.118. The third kappa shape index (κ3) is 4.00. The van der Waals surface area contributed by atoms with Crippen molar-refractivity contribution in [2.75, 3.05) is 0 Å². The van der Waals surface area contributed by atoms with Gasteiger partial charge in [-0.15, -0.1) is 0 Å². The van der Waals surface area contributed by atoms with Gasteiger partial charge < -0.3 is 10.1 Å². The fourth-order valence-electron chi connectivity index (χ4n) is 3.75. The number of fused-ring (bicyclic) bond motifs is 1. The summed E-state index contributed by atoms with van der Waals surface area (Å²) in [6.07, 6.45) is 10.1. The monoisotopic (exact) mass is 327 g/mol. The van der Waals surface area contributed by atoms with E-state index in [1.165, 1.54) is 37.7 Å². The van der Waals surface area contributed by atoms with Crippen LogP contribution in [0.1, 0.15) is 69.9 Å². The lowest BCUT2D eigenvalue weighted by Crippen LogP contribution is -2.46. The summed E-state index contributed by atoms with van der Waals surface area (Å²) in [5, 5.41) is 3.39. The highest BCUT2D eigenvalue weighted by Gasteiger charge is 2.30. The number of allylic oxidation sites excluding steroid dienone is 1. The molecule has 130 valence electrons. The average molecular weight is 327 g/mol. The normalized spacial score (nSPS) is 22.7. The second kappa shape index (κ2) is 7.00. The molecule has 1 saturated carbocycles. The molecule has 0 atom stereocenters. The number of hydrogen-bond acceptors (Lipinski definition) is 3. The first-order valence-corrected chi connectivity index (χ1v) is 9.28. The number of benzene rings is 1. The molecule has 1 aromatic carbocycles. The predicted molar refractivity (Wildman–Crippen MR) is 97.8 cm³/mol. The summed E-state index contributed by atoms with van der Waals surface area (Å²) in [4.78, 5) is 12.9.